The summed E-state index contributed by atoms with van der Waals surface area (Å²) in [7, 11) is 2.85. The van der Waals surface area contributed by atoms with Crippen LogP contribution < -0.4 is 4.74 Å². The lowest BCUT2D eigenvalue weighted by atomic mass is 10.1. The van der Waals surface area contributed by atoms with E-state index in [2.05, 4.69) is 0 Å². The number of ketones is 1. The van der Waals surface area contributed by atoms with Crippen LogP contribution in [0.1, 0.15) is 10.4 Å². The Balaban J connectivity index is 2.09. The van der Waals surface area contributed by atoms with Gasteiger partial charge in [-0.1, -0.05) is 0 Å². The summed E-state index contributed by atoms with van der Waals surface area (Å²) in [5, 5.41) is 0. The van der Waals surface area contributed by atoms with Gasteiger partial charge in [0.15, 0.2) is 17.3 Å². The molecule has 0 N–H and O–H groups in total. The van der Waals surface area contributed by atoms with Crippen LogP contribution in [0.4, 0.5) is 4.39 Å². The fourth-order valence-corrected chi connectivity index (χ4v) is 2.03. The molecule has 1 aromatic carbocycles. The monoisotopic (exact) mass is 294 g/mol. The minimum Gasteiger partial charge on any atom is -0.494 e. The first-order valence-electron chi connectivity index (χ1n) is 6.35. The summed E-state index contributed by atoms with van der Waals surface area (Å²) in [6.07, 6.45) is 0. The average molecular weight is 294 g/mol. The van der Waals surface area contributed by atoms with Gasteiger partial charge in [-0.25, -0.2) is 4.39 Å². The zero-order valence-electron chi connectivity index (χ0n) is 11.8. The first kappa shape index (κ1) is 15.0. The Labute approximate surface area is 121 Å². The van der Waals surface area contributed by atoms with E-state index >= 15 is 0 Å². The van der Waals surface area contributed by atoms with Crippen LogP contribution in [-0.2, 0) is 9.59 Å². The van der Waals surface area contributed by atoms with E-state index in [9.17, 15) is 18.8 Å². The van der Waals surface area contributed by atoms with Gasteiger partial charge in [-0.3, -0.25) is 14.4 Å². The highest BCUT2D eigenvalue weighted by molar-refractivity contribution is 6.35. The Kier molecular flexibility index (Phi) is 4.21. The van der Waals surface area contributed by atoms with Crippen molar-refractivity contribution in [3.05, 3.63) is 29.6 Å². The zero-order valence-corrected chi connectivity index (χ0v) is 11.8. The Morgan fingerprint density at radius 3 is 2.62 bits per heavy atom. The summed E-state index contributed by atoms with van der Waals surface area (Å²) in [6, 6.07) is 3.83. The second-order valence-corrected chi connectivity index (χ2v) is 4.73. The van der Waals surface area contributed by atoms with Gasteiger partial charge in [0.05, 0.1) is 13.7 Å². The molecule has 0 unspecified atom stereocenters. The van der Waals surface area contributed by atoms with Crippen molar-refractivity contribution in [2.45, 2.75) is 0 Å². The molecular weight excluding hydrogens is 279 g/mol. The molecule has 1 saturated heterocycles. The number of halogens is 1. The average Bonchev–Trinajstić information content (AvgIpc) is 2.47. The van der Waals surface area contributed by atoms with Crippen LogP contribution in [0.3, 0.4) is 0 Å². The molecule has 2 amide bonds. The first-order chi connectivity index (χ1) is 9.93. The molecule has 0 aliphatic carbocycles. The smallest absolute Gasteiger partial charge is 0.312 e. The van der Waals surface area contributed by atoms with Crippen molar-refractivity contribution in [3.8, 4) is 5.75 Å². The van der Waals surface area contributed by atoms with Crippen molar-refractivity contribution in [2.75, 3.05) is 33.8 Å². The van der Waals surface area contributed by atoms with E-state index < -0.39 is 23.4 Å². The molecule has 1 fully saturated rings. The van der Waals surface area contributed by atoms with Crippen molar-refractivity contribution < 1.29 is 23.5 Å². The van der Waals surface area contributed by atoms with Crippen molar-refractivity contribution in [2.24, 2.45) is 0 Å². The largest absolute Gasteiger partial charge is 0.494 e. The molecule has 1 aliphatic heterocycles. The van der Waals surface area contributed by atoms with Crippen molar-refractivity contribution in [3.63, 3.8) is 0 Å². The quantitative estimate of drug-likeness (QED) is 0.592. The summed E-state index contributed by atoms with van der Waals surface area (Å²) >= 11 is 0. The number of methoxy groups -OCH3 is 1. The molecule has 0 aromatic heterocycles. The van der Waals surface area contributed by atoms with Gasteiger partial charge in [0.2, 0.25) is 0 Å². The molecule has 1 aromatic rings. The number of carbonyl (C=O) groups excluding carboxylic acids is 3. The maximum Gasteiger partial charge on any atom is 0.312 e. The number of piperazine rings is 1. The van der Waals surface area contributed by atoms with E-state index in [1.54, 1.807) is 0 Å². The second kappa shape index (κ2) is 5.90. The highest BCUT2D eigenvalue weighted by atomic mass is 19.1. The topological polar surface area (TPSA) is 66.9 Å². The lowest BCUT2D eigenvalue weighted by Crippen LogP contribution is -2.53. The number of carbonyl (C=O) groups is 3. The van der Waals surface area contributed by atoms with E-state index in [1.807, 2.05) is 0 Å². The Morgan fingerprint density at radius 2 is 2.00 bits per heavy atom. The number of rotatable bonds is 4. The van der Waals surface area contributed by atoms with Crippen molar-refractivity contribution >= 4 is 17.6 Å². The molecule has 2 rings (SSSR count). The van der Waals surface area contributed by atoms with Gasteiger partial charge in [-0.2, -0.15) is 0 Å². The number of hydrogen-bond donors (Lipinski definition) is 0. The predicted molar refractivity (Wildman–Crippen MR) is 71.5 cm³/mol. The molecule has 0 spiro atoms. The van der Waals surface area contributed by atoms with E-state index in [0.717, 1.165) is 6.07 Å². The normalized spacial score (nSPS) is 15.4. The number of Topliss-reactive ketones (excluding diaryl/α,β-unsaturated/α-hetero) is 1. The summed E-state index contributed by atoms with van der Waals surface area (Å²) < 4.78 is 18.3. The van der Waals surface area contributed by atoms with Crippen LogP contribution in [0.25, 0.3) is 0 Å². The van der Waals surface area contributed by atoms with Gasteiger partial charge in [0.1, 0.15) is 0 Å². The van der Waals surface area contributed by atoms with Crippen molar-refractivity contribution in [1.29, 1.82) is 0 Å². The second-order valence-electron chi connectivity index (χ2n) is 4.73. The molecule has 7 heteroatoms. The molecule has 1 aliphatic rings. The third kappa shape index (κ3) is 3.01. The molecule has 6 nitrogen and oxygen atoms in total. The van der Waals surface area contributed by atoms with Gasteiger partial charge in [-0.15, -0.1) is 0 Å². The van der Waals surface area contributed by atoms with E-state index in [4.69, 9.17) is 4.74 Å². The standard InChI is InChI=1S/C14H15FN2O4/c1-16-5-6-17(14(20)13(16)19)8-11(18)9-3-4-12(21-2)10(15)7-9/h3-4,7H,5-6,8H2,1-2H3. The van der Waals surface area contributed by atoms with E-state index in [1.165, 1.54) is 36.1 Å². The fraction of sp³-hybridized carbons (Fsp3) is 0.357. The maximum atomic E-state index is 13.6. The van der Waals surface area contributed by atoms with Crippen molar-refractivity contribution in [1.82, 2.24) is 9.80 Å². The number of amides is 2. The van der Waals surface area contributed by atoms with Gasteiger partial charge in [0.25, 0.3) is 0 Å². The van der Waals surface area contributed by atoms with Crippen LogP contribution in [-0.4, -0.2) is 61.2 Å². The van der Waals surface area contributed by atoms with Crippen LogP contribution in [0.15, 0.2) is 18.2 Å². The maximum absolute atomic E-state index is 13.6. The summed E-state index contributed by atoms with van der Waals surface area (Å²) in [5.41, 5.74) is 0.132. The lowest BCUT2D eigenvalue weighted by Gasteiger charge is -2.30. The third-order valence-corrected chi connectivity index (χ3v) is 3.33. The molecule has 0 bridgehead atoms. The highest BCUT2D eigenvalue weighted by Gasteiger charge is 2.31. The lowest BCUT2D eigenvalue weighted by molar-refractivity contribution is -0.154. The number of likely N-dealkylation sites (N-methyl/N-ethyl adjacent to an activating group) is 1. The minimum atomic E-state index is -0.717. The molecule has 0 atom stereocenters. The van der Waals surface area contributed by atoms with Crippen LogP contribution in [0.2, 0.25) is 0 Å². The fourth-order valence-electron chi connectivity index (χ4n) is 2.03. The number of ether oxygens (including phenoxy) is 1. The van der Waals surface area contributed by atoms with Crippen LogP contribution in [0, 0.1) is 5.82 Å². The van der Waals surface area contributed by atoms with Crippen LogP contribution >= 0.6 is 0 Å². The van der Waals surface area contributed by atoms with E-state index in [-0.39, 0.29) is 24.4 Å². The third-order valence-electron chi connectivity index (χ3n) is 3.33. The Hall–Kier alpha value is -2.44. The molecule has 1 heterocycles. The van der Waals surface area contributed by atoms with Gasteiger partial charge >= 0.3 is 11.8 Å². The van der Waals surface area contributed by atoms with Gasteiger partial charge in [0, 0.05) is 25.7 Å². The summed E-state index contributed by atoms with van der Waals surface area (Å²) in [5.74, 6) is -2.40. The number of hydrogen-bond acceptors (Lipinski definition) is 4. The van der Waals surface area contributed by atoms with E-state index in [0.29, 0.717) is 6.54 Å². The minimum absolute atomic E-state index is 0.0393. The molecule has 0 saturated carbocycles. The van der Waals surface area contributed by atoms with Gasteiger partial charge < -0.3 is 14.5 Å². The zero-order chi connectivity index (χ0) is 15.6. The predicted octanol–water partition coefficient (Wildman–Crippen LogP) is 0.318. The molecular formula is C14H15FN2O4. The Morgan fingerprint density at radius 1 is 1.29 bits per heavy atom. The molecule has 112 valence electrons. The van der Waals surface area contributed by atoms with Gasteiger partial charge in [-0.05, 0) is 18.2 Å². The summed E-state index contributed by atoms with van der Waals surface area (Å²) in [6.45, 7) is 0.407. The highest BCUT2D eigenvalue weighted by Crippen LogP contribution is 2.18. The Bertz CT molecular complexity index is 603. The first-order valence-corrected chi connectivity index (χ1v) is 6.35. The number of benzene rings is 1. The number of nitrogens with zero attached hydrogens (tertiary/aromatic N) is 2. The summed E-state index contributed by atoms with van der Waals surface area (Å²) in [4.78, 5) is 37.8. The molecule has 21 heavy (non-hydrogen) atoms. The SMILES string of the molecule is COc1ccc(C(=O)CN2CCN(C)C(=O)C2=O)cc1F. The van der Waals surface area contributed by atoms with Crippen LogP contribution in [0.5, 0.6) is 5.75 Å². The molecule has 0 radical (unpaired) electrons.